The molecule has 5 N–H and O–H groups in total. The number of hydrogen-bond donors (Lipinski definition) is 5. The van der Waals surface area contributed by atoms with Crippen LogP contribution in [0.5, 0.6) is 0 Å². The van der Waals surface area contributed by atoms with Gasteiger partial charge in [0, 0.05) is 44.2 Å². The van der Waals surface area contributed by atoms with Crippen LogP contribution in [0.1, 0.15) is 60.4 Å². The third-order valence-corrected chi connectivity index (χ3v) is 10.2. The zero-order valence-corrected chi connectivity index (χ0v) is 30.9. The SMILES string of the molecule is CCc1nnn([C@H]2C[C@@H](n3cnc4c(NCC(c5ccccc5)c5ccccc5)nc(N5CC[C@@H](NC(=O)NCc6ccncn6)C5)nc43)[C@H](O)[C@@H]2O)n1.Cl. The minimum Gasteiger partial charge on any atom is -0.388 e. The van der Waals surface area contributed by atoms with Crippen LogP contribution in [0.3, 0.4) is 0 Å². The Hall–Kier alpha value is -5.78. The van der Waals surface area contributed by atoms with Crippen molar-refractivity contribution < 1.29 is 15.0 Å². The highest BCUT2D eigenvalue weighted by Gasteiger charge is 2.45. The lowest BCUT2D eigenvalue weighted by atomic mass is 9.91. The molecule has 2 aliphatic rings. The van der Waals surface area contributed by atoms with Gasteiger partial charge in [-0.25, -0.2) is 19.7 Å². The Kier molecular flexibility index (Phi) is 11.4. The Labute approximate surface area is 323 Å². The molecular formula is C37H43ClN14O3. The number of rotatable bonds is 12. The molecule has 8 rings (SSSR count). The van der Waals surface area contributed by atoms with Crippen molar-refractivity contribution in [3.63, 3.8) is 0 Å². The van der Waals surface area contributed by atoms with Crippen LogP contribution in [0.4, 0.5) is 16.6 Å². The fourth-order valence-electron chi connectivity index (χ4n) is 7.33. The van der Waals surface area contributed by atoms with Gasteiger partial charge in [0.2, 0.25) is 5.95 Å². The average Bonchev–Trinajstić information content (AvgIpc) is 4.03. The number of tetrazole rings is 1. The van der Waals surface area contributed by atoms with Crippen LogP contribution in [0.2, 0.25) is 0 Å². The summed E-state index contributed by atoms with van der Waals surface area (Å²) in [6.07, 6.45) is 4.08. The zero-order valence-electron chi connectivity index (χ0n) is 30.1. The fraction of sp³-hybridized carbons (Fsp3) is 0.378. The number of aryl methyl sites for hydroxylation is 1. The summed E-state index contributed by atoms with van der Waals surface area (Å²) in [7, 11) is 0. The summed E-state index contributed by atoms with van der Waals surface area (Å²) in [4.78, 5) is 39.1. The number of anilines is 2. The Morgan fingerprint density at radius 2 is 1.71 bits per heavy atom. The van der Waals surface area contributed by atoms with Crippen LogP contribution in [-0.2, 0) is 13.0 Å². The number of carbonyl (C=O) groups excluding carboxylic acids is 1. The van der Waals surface area contributed by atoms with Crippen molar-refractivity contribution in [1.29, 1.82) is 0 Å². The molecule has 0 spiro atoms. The van der Waals surface area contributed by atoms with Gasteiger partial charge in [-0.1, -0.05) is 67.6 Å². The second-order valence-corrected chi connectivity index (χ2v) is 13.6. The summed E-state index contributed by atoms with van der Waals surface area (Å²) in [5.41, 5.74) is 4.06. The molecule has 5 atom stereocenters. The van der Waals surface area contributed by atoms with E-state index in [2.05, 4.69) is 65.6 Å². The first-order chi connectivity index (χ1) is 26.4. The van der Waals surface area contributed by atoms with Crippen molar-refractivity contribution in [3.05, 3.63) is 108 Å². The van der Waals surface area contributed by atoms with E-state index in [1.807, 2.05) is 52.8 Å². The number of aliphatic hydroxyl groups is 2. The van der Waals surface area contributed by atoms with Gasteiger partial charge >= 0.3 is 6.03 Å². The fourth-order valence-corrected chi connectivity index (χ4v) is 7.33. The predicted octanol–water partition coefficient (Wildman–Crippen LogP) is 2.82. The van der Waals surface area contributed by atoms with Gasteiger partial charge in [-0.2, -0.15) is 14.8 Å². The molecule has 0 unspecified atom stereocenters. The lowest BCUT2D eigenvalue weighted by Gasteiger charge is -2.22. The lowest BCUT2D eigenvalue weighted by Crippen LogP contribution is -2.43. The van der Waals surface area contributed by atoms with Crippen LogP contribution in [-0.4, -0.2) is 104 Å². The first-order valence-electron chi connectivity index (χ1n) is 18.2. The number of aromatic nitrogens is 10. The summed E-state index contributed by atoms with van der Waals surface area (Å²) in [6.45, 7) is 3.83. The van der Waals surface area contributed by atoms with E-state index in [0.29, 0.717) is 73.3 Å². The quantitative estimate of drug-likeness (QED) is 0.122. The van der Waals surface area contributed by atoms with Crippen LogP contribution >= 0.6 is 12.4 Å². The highest BCUT2D eigenvalue weighted by atomic mass is 35.5. The third kappa shape index (κ3) is 8.04. The van der Waals surface area contributed by atoms with Crippen LogP contribution in [0.25, 0.3) is 11.2 Å². The van der Waals surface area contributed by atoms with E-state index in [1.165, 1.54) is 11.1 Å². The molecule has 6 aromatic rings. The van der Waals surface area contributed by atoms with Gasteiger partial charge in [0.1, 0.15) is 24.6 Å². The molecule has 17 nitrogen and oxygen atoms in total. The molecule has 0 bridgehead atoms. The van der Waals surface area contributed by atoms with E-state index in [1.54, 1.807) is 18.6 Å². The van der Waals surface area contributed by atoms with Crippen LogP contribution < -0.4 is 20.9 Å². The molecule has 18 heteroatoms. The molecular weight excluding hydrogens is 724 g/mol. The van der Waals surface area contributed by atoms with Gasteiger partial charge < -0.3 is 35.6 Å². The van der Waals surface area contributed by atoms with Crippen molar-refractivity contribution in [2.45, 2.75) is 69.0 Å². The Balaban J connectivity index is 0.00000465. The van der Waals surface area contributed by atoms with E-state index in [9.17, 15) is 15.0 Å². The summed E-state index contributed by atoms with van der Waals surface area (Å²) in [5, 5.41) is 44.7. The minimum absolute atomic E-state index is 0. The van der Waals surface area contributed by atoms with Gasteiger partial charge in [0.15, 0.2) is 22.8 Å². The largest absolute Gasteiger partial charge is 0.388 e. The second kappa shape index (κ2) is 16.7. The van der Waals surface area contributed by atoms with Crippen molar-refractivity contribution in [3.8, 4) is 0 Å². The normalized spacial score (nSPS) is 20.8. The number of amides is 2. The van der Waals surface area contributed by atoms with Gasteiger partial charge in [-0.05, 0) is 35.2 Å². The lowest BCUT2D eigenvalue weighted by molar-refractivity contribution is 0.00473. The maximum Gasteiger partial charge on any atom is 0.315 e. The number of fused-ring (bicyclic) bond motifs is 1. The number of halogens is 1. The summed E-state index contributed by atoms with van der Waals surface area (Å²) in [6, 6.07) is 20.8. The smallest absolute Gasteiger partial charge is 0.315 e. The van der Waals surface area contributed by atoms with E-state index in [0.717, 1.165) is 11.1 Å². The molecule has 1 aliphatic heterocycles. The maximum absolute atomic E-state index is 12.8. The zero-order chi connectivity index (χ0) is 37.0. The third-order valence-electron chi connectivity index (χ3n) is 10.2. The number of benzene rings is 2. The Morgan fingerprint density at radius 1 is 0.964 bits per heavy atom. The number of aliphatic hydroxyl groups excluding tert-OH is 2. The average molecular weight is 767 g/mol. The highest BCUT2D eigenvalue weighted by molar-refractivity contribution is 5.85. The summed E-state index contributed by atoms with van der Waals surface area (Å²) in [5.74, 6) is 1.58. The van der Waals surface area contributed by atoms with E-state index in [-0.39, 0.29) is 36.9 Å². The number of imidazole rings is 1. The standard InChI is InChI=1S/C37H42N14O3.ClH/c1-2-30-46-48-51(47-30)29-17-28(32(52)33(29)53)50-22-42-31-34(39-19-27(23-9-5-3-6-10-23)24-11-7-4-8-12-24)44-36(45-35(31)50)49-16-14-26(20-49)43-37(54)40-18-25-13-15-38-21-41-25;/h3-13,15,21-22,26-29,32-33,52-53H,2,14,16-20H2,1H3,(H,39,44,45)(H2,40,43,54);1H/t26-,28-,29+,32+,33-;/m1./s1. The molecule has 2 aromatic carbocycles. The van der Waals surface area contributed by atoms with Crippen LogP contribution in [0, 0.1) is 0 Å². The predicted molar refractivity (Wildman–Crippen MR) is 206 cm³/mol. The van der Waals surface area contributed by atoms with Gasteiger partial charge in [0.05, 0.1) is 24.6 Å². The molecule has 1 saturated carbocycles. The van der Waals surface area contributed by atoms with Gasteiger partial charge in [-0.15, -0.1) is 22.6 Å². The first kappa shape index (κ1) is 37.5. The topological polar surface area (TPSA) is 210 Å². The molecule has 55 heavy (non-hydrogen) atoms. The van der Waals surface area contributed by atoms with Crippen molar-refractivity contribution >= 4 is 41.4 Å². The molecule has 5 heterocycles. The molecule has 4 aromatic heterocycles. The molecule has 2 amide bonds. The number of urea groups is 1. The van der Waals surface area contributed by atoms with Crippen molar-refractivity contribution in [2.24, 2.45) is 0 Å². The highest BCUT2D eigenvalue weighted by Crippen LogP contribution is 2.40. The van der Waals surface area contributed by atoms with E-state index in [4.69, 9.17) is 15.0 Å². The minimum atomic E-state index is -1.14. The van der Waals surface area contributed by atoms with E-state index >= 15 is 0 Å². The van der Waals surface area contributed by atoms with Crippen molar-refractivity contribution in [2.75, 3.05) is 29.9 Å². The molecule has 1 aliphatic carbocycles. The van der Waals surface area contributed by atoms with Crippen molar-refractivity contribution in [1.82, 2.24) is 60.3 Å². The molecule has 0 radical (unpaired) electrons. The summed E-state index contributed by atoms with van der Waals surface area (Å²) < 4.78 is 1.81. The number of nitrogens with zero attached hydrogens (tertiary/aromatic N) is 11. The second-order valence-electron chi connectivity index (χ2n) is 13.6. The Morgan fingerprint density at radius 3 is 2.40 bits per heavy atom. The molecule has 286 valence electrons. The molecule has 2 fully saturated rings. The molecule has 1 saturated heterocycles. The van der Waals surface area contributed by atoms with Gasteiger partial charge in [0.25, 0.3) is 0 Å². The number of hydrogen-bond acceptors (Lipinski definition) is 13. The van der Waals surface area contributed by atoms with Gasteiger partial charge in [-0.3, -0.25) is 0 Å². The van der Waals surface area contributed by atoms with Crippen LogP contribution in [0.15, 0.2) is 85.6 Å². The number of carbonyl (C=O) groups is 1. The monoisotopic (exact) mass is 766 g/mol. The summed E-state index contributed by atoms with van der Waals surface area (Å²) >= 11 is 0. The number of nitrogens with one attached hydrogen (secondary N) is 3. The Bertz CT molecular complexity index is 2130. The maximum atomic E-state index is 12.8. The first-order valence-corrected chi connectivity index (χ1v) is 18.2. The van der Waals surface area contributed by atoms with E-state index < -0.39 is 24.3 Å².